The standard InChI is InChI=1S/C14H14N4O4/c15-6-5-11-1-3-13(4-2-11)22-9-12(19)7-17-8-14(16-10-17)18(20)21/h1-4,8,10,12,19H,5,7,9H2. The van der Waals surface area contributed by atoms with Crippen molar-refractivity contribution < 1.29 is 14.8 Å². The number of nitro groups is 1. The van der Waals surface area contributed by atoms with Crippen molar-refractivity contribution in [3.05, 3.63) is 52.5 Å². The van der Waals surface area contributed by atoms with E-state index in [1.54, 1.807) is 24.3 Å². The third-order valence-corrected chi connectivity index (χ3v) is 2.88. The van der Waals surface area contributed by atoms with Gasteiger partial charge < -0.3 is 24.5 Å². The predicted molar refractivity (Wildman–Crippen MR) is 76.1 cm³/mol. The van der Waals surface area contributed by atoms with Gasteiger partial charge in [-0.3, -0.25) is 0 Å². The molecule has 1 unspecified atom stereocenters. The topological polar surface area (TPSA) is 114 Å². The van der Waals surface area contributed by atoms with Crippen molar-refractivity contribution in [3.63, 3.8) is 0 Å². The molecule has 0 amide bonds. The van der Waals surface area contributed by atoms with E-state index in [2.05, 4.69) is 11.1 Å². The monoisotopic (exact) mass is 302 g/mol. The summed E-state index contributed by atoms with van der Waals surface area (Å²) >= 11 is 0. The zero-order valence-corrected chi connectivity index (χ0v) is 11.6. The smallest absolute Gasteiger partial charge is 0.381 e. The van der Waals surface area contributed by atoms with E-state index in [4.69, 9.17) is 10.00 Å². The van der Waals surface area contributed by atoms with E-state index >= 15 is 0 Å². The third kappa shape index (κ3) is 4.29. The first kappa shape index (κ1) is 15.5. The Hall–Kier alpha value is -2.92. The number of imidazole rings is 1. The van der Waals surface area contributed by atoms with Crippen LogP contribution in [0.5, 0.6) is 5.75 Å². The number of hydrogen-bond donors (Lipinski definition) is 1. The van der Waals surface area contributed by atoms with Crippen LogP contribution in [0, 0.1) is 21.4 Å². The minimum Gasteiger partial charge on any atom is -0.491 e. The summed E-state index contributed by atoms with van der Waals surface area (Å²) in [5, 5.41) is 28.9. The summed E-state index contributed by atoms with van der Waals surface area (Å²) < 4.78 is 6.86. The molecule has 8 heteroatoms. The predicted octanol–water partition coefficient (Wildman–Crippen LogP) is 1.30. The van der Waals surface area contributed by atoms with E-state index in [-0.39, 0.29) is 19.0 Å². The first-order valence-electron chi connectivity index (χ1n) is 6.51. The normalized spacial score (nSPS) is 11.6. The lowest BCUT2D eigenvalue weighted by Gasteiger charge is -2.12. The highest BCUT2D eigenvalue weighted by molar-refractivity contribution is 5.28. The maximum atomic E-state index is 10.5. The van der Waals surface area contributed by atoms with Crippen LogP contribution in [0.4, 0.5) is 5.82 Å². The van der Waals surface area contributed by atoms with E-state index in [0.717, 1.165) is 5.56 Å². The second-order valence-corrected chi connectivity index (χ2v) is 4.63. The number of aromatic nitrogens is 2. The Bertz CT molecular complexity index is 675. The van der Waals surface area contributed by atoms with Crippen LogP contribution >= 0.6 is 0 Å². The zero-order chi connectivity index (χ0) is 15.9. The molecule has 1 N–H and O–H groups in total. The van der Waals surface area contributed by atoms with Crippen LogP contribution in [-0.4, -0.2) is 32.3 Å². The molecule has 2 rings (SSSR count). The van der Waals surface area contributed by atoms with E-state index in [9.17, 15) is 15.2 Å². The first-order chi connectivity index (χ1) is 10.6. The molecule has 0 bridgehead atoms. The molecule has 1 atom stereocenters. The minimum absolute atomic E-state index is 0.0452. The van der Waals surface area contributed by atoms with Gasteiger partial charge in [0.25, 0.3) is 0 Å². The number of rotatable bonds is 7. The molecule has 0 fully saturated rings. The Balaban J connectivity index is 1.82. The van der Waals surface area contributed by atoms with Crippen molar-refractivity contribution in [2.45, 2.75) is 19.1 Å². The lowest BCUT2D eigenvalue weighted by molar-refractivity contribution is -0.389. The summed E-state index contributed by atoms with van der Waals surface area (Å²) in [4.78, 5) is 13.5. The Kier molecular flexibility index (Phi) is 5.06. The molecule has 0 aliphatic carbocycles. The van der Waals surface area contributed by atoms with Crippen molar-refractivity contribution in [3.8, 4) is 11.8 Å². The summed E-state index contributed by atoms with van der Waals surface area (Å²) in [7, 11) is 0. The van der Waals surface area contributed by atoms with E-state index < -0.39 is 11.0 Å². The highest BCUT2D eigenvalue weighted by atomic mass is 16.6. The van der Waals surface area contributed by atoms with Gasteiger partial charge in [0, 0.05) is 0 Å². The highest BCUT2D eigenvalue weighted by Crippen LogP contribution is 2.13. The maximum absolute atomic E-state index is 10.5. The number of nitriles is 1. The molecule has 0 saturated heterocycles. The van der Waals surface area contributed by atoms with Gasteiger partial charge >= 0.3 is 5.82 Å². The van der Waals surface area contributed by atoms with Gasteiger partial charge in [-0.1, -0.05) is 12.1 Å². The molecular formula is C14H14N4O4. The van der Waals surface area contributed by atoms with Gasteiger partial charge in [0.2, 0.25) is 6.33 Å². The van der Waals surface area contributed by atoms with Crippen LogP contribution in [0.1, 0.15) is 5.56 Å². The maximum Gasteiger partial charge on any atom is 0.381 e. The van der Waals surface area contributed by atoms with Crippen molar-refractivity contribution in [2.24, 2.45) is 0 Å². The molecule has 0 spiro atoms. The van der Waals surface area contributed by atoms with Crippen LogP contribution in [0.15, 0.2) is 36.8 Å². The fourth-order valence-corrected chi connectivity index (χ4v) is 1.83. The van der Waals surface area contributed by atoms with Crippen LogP contribution in [-0.2, 0) is 13.0 Å². The number of hydrogen-bond acceptors (Lipinski definition) is 6. The Labute approximate surface area is 126 Å². The van der Waals surface area contributed by atoms with Gasteiger partial charge in [0.1, 0.15) is 24.7 Å². The Morgan fingerprint density at radius 2 is 2.18 bits per heavy atom. The fourth-order valence-electron chi connectivity index (χ4n) is 1.83. The zero-order valence-electron chi connectivity index (χ0n) is 11.6. The molecule has 8 nitrogen and oxygen atoms in total. The van der Waals surface area contributed by atoms with Crippen LogP contribution in [0.2, 0.25) is 0 Å². The average molecular weight is 302 g/mol. The second-order valence-electron chi connectivity index (χ2n) is 4.63. The van der Waals surface area contributed by atoms with E-state index in [1.807, 2.05) is 0 Å². The van der Waals surface area contributed by atoms with Crippen molar-refractivity contribution in [1.29, 1.82) is 5.26 Å². The summed E-state index contributed by atoms with van der Waals surface area (Å²) in [6, 6.07) is 9.06. The quantitative estimate of drug-likeness (QED) is 0.609. The molecule has 2 aromatic rings. The average Bonchev–Trinajstić information content (AvgIpc) is 2.95. The van der Waals surface area contributed by atoms with Crippen LogP contribution in [0.3, 0.4) is 0 Å². The van der Waals surface area contributed by atoms with Crippen molar-refractivity contribution in [1.82, 2.24) is 9.55 Å². The summed E-state index contributed by atoms with van der Waals surface area (Å²) in [5.41, 5.74) is 0.890. The molecule has 22 heavy (non-hydrogen) atoms. The molecule has 114 valence electrons. The molecule has 0 saturated carbocycles. The van der Waals surface area contributed by atoms with Gasteiger partial charge in [0.05, 0.1) is 19.0 Å². The van der Waals surface area contributed by atoms with Crippen molar-refractivity contribution >= 4 is 5.82 Å². The van der Waals surface area contributed by atoms with E-state index in [1.165, 1.54) is 17.1 Å². The van der Waals surface area contributed by atoms with Gasteiger partial charge in [-0.05, 0) is 27.6 Å². The first-order valence-corrected chi connectivity index (χ1v) is 6.51. The molecule has 0 aliphatic heterocycles. The number of nitrogens with zero attached hydrogens (tertiary/aromatic N) is 4. The summed E-state index contributed by atoms with van der Waals surface area (Å²) in [5.74, 6) is 0.318. The fraction of sp³-hybridized carbons (Fsp3) is 0.286. The molecule has 1 heterocycles. The summed E-state index contributed by atoms with van der Waals surface area (Å²) in [6.07, 6.45) is 2.05. The largest absolute Gasteiger partial charge is 0.491 e. The van der Waals surface area contributed by atoms with Crippen molar-refractivity contribution in [2.75, 3.05) is 6.61 Å². The highest BCUT2D eigenvalue weighted by Gasteiger charge is 2.13. The molecule has 1 aromatic heterocycles. The van der Waals surface area contributed by atoms with Crippen LogP contribution < -0.4 is 4.74 Å². The lowest BCUT2D eigenvalue weighted by Crippen LogP contribution is -2.23. The second kappa shape index (κ2) is 7.19. The number of aliphatic hydroxyl groups is 1. The molecule has 0 radical (unpaired) electrons. The number of ether oxygens (including phenoxy) is 1. The number of benzene rings is 1. The van der Waals surface area contributed by atoms with Gasteiger partial charge in [-0.15, -0.1) is 0 Å². The Morgan fingerprint density at radius 3 is 2.77 bits per heavy atom. The minimum atomic E-state index is -0.826. The molecule has 0 aliphatic rings. The van der Waals surface area contributed by atoms with E-state index in [0.29, 0.717) is 12.2 Å². The number of aliphatic hydroxyl groups excluding tert-OH is 1. The third-order valence-electron chi connectivity index (χ3n) is 2.88. The van der Waals surface area contributed by atoms with Crippen LogP contribution in [0.25, 0.3) is 0 Å². The molecule has 1 aromatic carbocycles. The van der Waals surface area contributed by atoms with Gasteiger partial charge in [0.15, 0.2) is 0 Å². The molecular weight excluding hydrogens is 288 g/mol. The summed E-state index contributed by atoms with van der Waals surface area (Å²) in [6.45, 7) is 0.191. The van der Waals surface area contributed by atoms with Gasteiger partial charge in [-0.2, -0.15) is 5.26 Å². The van der Waals surface area contributed by atoms with Gasteiger partial charge in [-0.25, -0.2) is 0 Å². The Morgan fingerprint density at radius 1 is 1.45 bits per heavy atom. The lowest BCUT2D eigenvalue weighted by atomic mass is 10.2. The SMILES string of the molecule is N#CCc1ccc(OCC(O)Cn2cnc([N+](=O)[O-])c2)cc1.